The molecule has 4 atom stereocenters. The van der Waals surface area contributed by atoms with E-state index in [0.29, 0.717) is 12.8 Å². The molecule has 5 nitrogen and oxygen atoms in total. The van der Waals surface area contributed by atoms with E-state index < -0.39 is 12.1 Å². The van der Waals surface area contributed by atoms with E-state index in [1.165, 1.54) is 4.88 Å². The van der Waals surface area contributed by atoms with Crippen LogP contribution in [-0.4, -0.2) is 46.7 Å². The van der Waals surface area contributed by atoms with Gasteiger partial charge in [-0.05, 0) is 65.9 Å². The molecular weight excluding hydrogens is 432 g/mol. The van der Waals surface area contributed by atoms with Crippen LogP contribution in [0, 0.1) is 11.8 Å². The lowest BCUT2D eigenvalue weighted by Crippen LogP contribution is -2.18. The lowest BCUT2D eigenvalue weighted by Gasteiger charge is -2.18. The maximum absolute atomic E-state index is 10.4. The minimum Gasteiger partial charge on any atom is -0.480 e. The summed E-state index contributed by atoms with van der Waals surface area (Å²) < 4.78 is 6.04. The maximum Gasteiger partial charge on any atom is 0.329 e. The number of aliphatic carboxylic acids is 1. The van der Waals surface area contributed by atoms with Crippen LogP contribution in [0.25, 0.3) is 0 Å². The average molecular weight is 459 g/mol. The molecule has 0 aromatic carbocycles. The van der Waals surface area contributed by atoms with Crippen LogP contribution >= 0.6 is 27.3 Å². The summed E-state index contributed by atoms with van der Waals surface area (Å²) in [5, 5.41) is 31.0. The summed E-state index contributed by atoms with van der Waals surface area (Å²) in [4.78, 5) is 11.6. The van der Waals surface area contributed by atoms with Gasteiger partial charge in [0.05, 0.1) is 18.8 Å². The van der Waals surface area contributed by atoms with Gasteiger partial charge in [0, 0.05) is 14.7 Å². The van der Waals surface area contributed by atoms with Crippen molar-refractivity contribution in [1.82, 2.24) is 0 Å². The second kappa shape index (κ2) is 11.8. The zero-order valence-electron chi connectivity index (χ0n) is 15.2. The molecule has 1 aliphatic carbocycles. The highest BCUT2D eigenvalue weighted by atomic mass is 79.9. The van der Waals surface area contributed by atoms with E-state index in [4.69, 9.17) is 9.84 Å². The number of carboxylic acid groups (broad SMARTS) is 1. The summed E-state index contributed by atoms with van der Waals surface area (Å²) in [5.74, 6) is -0.613. The number of carbonyl (C=O) groups is 1. The number of hydrogen-bond acceptors (Lipinski definition) is 5. The summed E-state index contributed by atoms with van der Waals surface area (Å²) >= 11 is 5.12. The number of carboxylic acids is 1. The van der Waals surface area contributed by atoms with Gasteiger partial charge in [0.15, 0.2) is 0 Å². The van der Waals surface area contributed by atoms with E-state index in [1.807, 2.05) is 23.6 Å². The molecule has 27 heavy (non-hydrogen) atoms. The van der Waals surface area contributed by atoms with Crippen molar-refractivity contribution in [3.8, 4) is 0 Å². The zero-order chi connectivity index (χ0) is 19.6. The molecule has 0 aliphatic heterocycles. The number of thiophene rings is 1. The molecule has 1 saturated carbocycles. The standard InChI is InChI=1S/C20H27BrO5S/c21-15-11-17(27-13-15)8-7-16(22)6-4-14-5-9-19(23)18(14)3-1-2-10-26-12-20(24)25/h1-2,4,6,11,13-14,16,18-19,22-23H,3,5,7-10,12H2,(H,24,25)/t14-,16+,18+,19?/m0/s1. The van der Waals surface area contributed by atoms with Crippen LogP contribution in [0.2, 0.25) is 0 Å². The van der Waals surface area contributed by atoms with Crippen molar-refractivity contribution in [1.29, 1.82) is 0 Å². The second-order valence-corrected chi connectivity index (χ2v) is 8.72. The van der Waals surface area contributed by atoms with Crippen LogP contribution < -0.4 is 0 Å². The van der Waals surface area contributed by atoms with Gasteiger partial charge in [-0.1, -0.05) is 24.3 Å². The number of ether oxygens (including phenoxy) is 1. The zero-order valence-corrected chi connectivity index (χ0v) is 17.6. The van der Waals surface area contributed by atoms with E-state index in [9.17, 15) is 15.0 Å². The van der Waals surface area contributed by atoms with Crippen molar-refractivity contribution in [3.05, 3.63) is 45.1 Å². The quantitative estimate of drug-likeness (QED) is 0.346. The monoisotopic (exact) mass is 458 g/mol. The Kier molecular flexibility index (Phi) is 9.72. The number of hydrogen-bond donors (Lipinski definition) is 3. The Morgan fingerprint density at radius 1 is 1.41 bits per heavy atom. The van der Waals surface area contributed by atoms with Crippen molar-refractivity contribution in [2.75, 3.05) is 13.2 Å². The number of rotatable bonds is 11. The topological polar surface area (TPSA) is 87.0 Å². The van der Waals surface area contributed by atoms with Gasteiger partial charge in [-0.15, -0.1) is 11.3 Å². The first kappa shape index (κ1) is 22.3. The molecule has 0 spiro atoms. The third-order valence-corrected chi connectivity index (χ3v) is 6.50. The predicted octanol–water partition coefficient (Wildman–Crippen LogP) is 3.79. The van der Waals surface area contributed by atoms with Crippen molar-refractivity contribution in [3.63, 3.8) is 0 Å². The molecule has 2 rings (SSSR count). The molecule has 1 unspecified atom stereocenters. The number of aryl methyl sites for hydroxylation is 1. The molecular formula is C20H27BrO5S. The minimum absolute atomic E-state index is 0.123. The lowest BCUT2D eigenvalue weighted by atomic mass is 9.90. The lowest BCUT2D eigenvalue weighted by molar-refractivity contribution is -0.141. The molecule has 1 aliphatic rings. The van der Waals surface area contributed by atoms with Crippen LogP contribution in [0.5, 0.6) is 0 Å². The molecule has 0 radical (unpaired) electrons. The van der Waals surface area contributed by atoms with Crippen LogP contribution in [0.4, 0.5) is 0 Å². The highest BCUT2D eigenvalue weighted by Crippen LogP contribution is 2.36. The molecule has 1 aromatic heterocycles. The van der Waals surface area contributed by atoms with E-state index >= 15 is 0 Å². The minimum atomic E-state index is -0.981. The normalized spacial score (nSPS) is 24.2. The largest absolute Gasteiger partial charge is 0.480 e. The SMILES string of the molecule is O=C(O)COCC=CC[C@H]1C(O)CC[C@@H]1C=C[C@@H](O)CCc1cc(Br)cs1. The van der Waals surface area contributed by atoms with Gasteiger partial charge < -0.3 is 20.1 Å². The molecule has 3 N–H and O–H groups in total. The fourth-order valence-corrected chi connectivity index (χ4v) is 4.80. The number of allylic oxidation sites excluding steroid dienone is 2. The fraction of sp³-hybridized carbons (Fsp3) is 0.550. The summed E-state index contributed by atoms with van der Waals surface area (Å²) in [7, 11) is 0. The van der Waals surface area contributed by atoms with E-state index in [2.05, 4.69) is 22.0 Å². The first-order chi connectivity index (χ1) is 13.0. The number of halogens is 1. The van der Waals surface area contributed by atoms with Crippen LogP contribution in [0.15, 0.2) is 40.2 Å². The van der Waals surface area contributed by atoms with Crippen LogP contribution in [0.3, 0.4) is 0 Å². The average Bonchev–Trinajstić information content (AvgIpc) is 3.20. The Balaban J connectivity index is 1.74. The Labute approximate surface area is 172 Å². The summed E-state index contributed by atoms with van der Waals surface area (Å²) in [6.45, 7) is -0.0464. The Morgan fingerprint density at radius 3 is 2.93 bits per heavy atom. The van der Waals surface area contributed by atoms with Crippen molar-refractivity contribution in [2.45, 2.75) is 44.3 Å². The molecule has 150 valence electrons. The Bertz CT molecular complexity index is 642. The molecule has 0 saturated heterocycles. The van der Waals surface area contributed by atoms with Crippen molar-refractivity contribution in [2.24, 2.45) is 11.8 Å². The predicted molar refractivity (Wildman–Crippen MR) is 110 cm³/mol. The van der Waals surface area contributed by atoms with E-state index in [1.54, 1.807) is 17.4 Å². The number of aliphatic hydroxyl groups excluding tert-OH is 2. The van der Waals surface area contributed by atoms with E-state index in [-0.39, 0.29) is 31.2 Å². The van der Waals surface area contributed by atoms with Gasteiger partial charge in [0.2, 0.25) is 0 Å². The van der Waals surface area contributed by atoms with Crippen molar-refractivity contribution < 1.29 is 24.9 Å². The molecule has 0 bridgehead atoms. The molecule has 1 heterocycles. The van der Waals surface area contributed by atoms with Gasteiger partial charge in [-0.2, -0.15) is 0 Å². The van der Waals surface area contributed by atoms with Gasteiger partial charge in [-0.25, -0.2) is 4.79 Å². The first-order valence-corrected chi connectivity index (χ1v) is 10.8. The Morgan fingerprint density at radius 2 is 2.22 bits per heavy atom. The van der Waals surface area contributed by atoms with Gasteiger partial charge >= 0.3 is 5.97 Å². The third kappa shape index (κ3) is 8.27. The summed E-state index contributed by atoms with van der Waals surface area (Å²) in [5.41, 5.74) is 0. The Hall–Kier alpha value is -0.990. The highest BCUT2D eigenvalue weighted by Gasteiger charge is 2.32. The van der Waals surface area contributed by atoms with Crippen molar-refractivity contribution >= 4 is 33.2 Å². The fourth-order valence-electron chi connectivity index (χ4n) is 3.33. The molecule has 1 aromatic rings. The van der Waals surface area contributed by atoms with Gasteiger partial charge in [0.25, 0.3) is 0 Å². The van der Waals surface area contributed by atoms with Crippen LogP contribution in [0.1, 0.15) is 30.6 Å². The maximum atomic E-state index is 10.4. The van der Waals surface area contributed by atoms with Gasteiger partial charge in [-0.3, -0.25) is 0 Å². The highest BCUT2D eigenvalue weighted by molar-refractivity contribution is 9.10. The number of aliphatic hydroxyl groups is 2. The first-order valence-electron chi connectivity index (χ1n) is 9.17. The molecule has 1 fully saturated rings. The van der Waals surface area contributed by atoms with Crippen LogP contribution in [-0.2, 0) is 16.0 Å². The third-order valence-electron chi connectivity index (χ3n) is 4.74. The van der Waals surface area contributed by atoms with E-state index in [0.717, 1.165) is 23.7 Å². The molecule has 0 amide bonds. The second-order valence-electron chi connectivity index (χ2n) is 6.81. The molecule has 7 heteroatoms. The van der Waals surface area contributed by atoms with Gasteiger partial charge in [0.1, 0.15) is 6.61 Å². The summed E-state index contributed by atoms with van der Waals surface area (Å²) in [6.07, 6.45) is 10.7. The summed E-state index contributed by atoms with van der Waals surface area (Å²) in [6, 6.07) is 2.08. The smallest absolute Gasteiger partial charge is 0.329 e.